The highest BCUT2D eigenvalue weighted by Gasteiger charge is 2.13. The van der Waals surface area contributed by atoms with E-state index in [1.165, 1.54) is 18.4 Å². The number of hydrogen-bond donors (Lipinski definition) is 2. The van der Waals surface area contributed by atoms with Crippen LogP contribution in [0.15, 0.2) is 41.9 Å². The molecule has 0 saturated heterocycles. The number of nitrogens with zero attached hydrogens (tertiary/aromatic N) is 1. The average molecular weight is 371 g/mol. The summed E-state index contributed by atoms with van der Waals surface area (Å²) < 4.78 is 9.75. The van der Waals surface area contributed by atoms with Gasteiger partial charge >= 0.3 is 5.97 Å². The summed E-state index contributed by atoms with van der Waals surface area (Å²) in [7, 11) is 2.93. The van der Waals surface area contributed by atoms with Gasteiger partial charge in [0.15, 0.2) is 5.13 Å². The lowest BCUT2D eigenvalue weighted by molar-refractivity contribution is 0.0594. The lowest BCUT2D eigenvalue weighted by atomic mass is 10.1. The number of anilines is 1. The first-order valence-corrected chi connectivity index (χ1v) is 8.60. The number of carbonyl (C=O) groups is 2. The number of nitrogens with one attached hydrogen (secondary N) is 2. The van der Waals surface area contributed by atoms with E-state index in [1.54, 1.807) is 36.9 Å². The number of rotatable bonds is 6. The molecule has 3 aromatic rings. The Balaban J connectivity index is 1.72. The molecule has 2 aromatic heterocycles. The summed E-state index contributed by atoms with van der Waals surface area (Å²) in [5, 5.41) is 5.07. The van der Waals surface area contributed by atoms with E-state index in [0.717, 1.165) is 11.1 Å². The van der Waals surface area contributed by atoms with Gasteiger partial charge < -0.3 is 14.5 Å². The van der Waals surface area contributed by atoms with Crippen molar-refractivity contribution in [1.29, 1.82) is 0 Å². The number of esters is 1. The fourth-order valence-electron chi connectivity index (χ4n) is 2.37. The molecule has 0 saturated carbocycles. The maximum absolute atomic E-state index is 12.4. The van der Waals surface area contributed by atoms with E-state index in [0.29, 0.717) is 28.7 Å². The van der Waals surface area contributed by atoms with Gasteiger partial charge in [0.25, 0.3) is 5.91 Å². The zero-order valence-electron chi connectivity index (χ0n) is 14.2. The molecule has 8 heteroatoms. The third-order valence-corrected chi connectivity index (χ3v) is 4.37. The van der Waals surface area contributed by atoms with Gasteiger partial charge in [-0.05, 0) is 23.8 Å². The molecule has 0 aliphatic carbocycles. The van der Waals surface area contributed by atoms with Gasteiger partial charge in [-0.25, -0.2) is 9.78 Å². The second kappa shape index (κ2) is 7.94. The Hall–Kier alpha value is -2.97. The highest BCUT2D eigenvalue weighted by molar-refractivity contribution is 7.14. The van der Waals surface area contributed by atoms with E-state index >= 15 is 0 Å². The van der Waals surface area contributed by atoms with E-state index in [-0.39, 0.29) is 5.91 Å². The molecule has 26 heavy (non-hydrogen) atoms. The van der Waals surface area contributed by atoms with Crippen LogP contribution in [0.3, 0.4) is 0 Å². The van der Waals surface area contributed by atoms with Crippen LogP contribution in [0.2, 0.25) is 0 Å². The second-order valence-corrected chi connectivity index (χ2v) is 6.28. The molecule has 0 unspecified atom stereocenters. The summed E-state index contributed by atoms with van der Waals surface area (Å²) in [4.78, 5) is 31.1. The maximum atomic E-state index is 12.4. The van der Waals surface area contributed by atoms with Crippen LogP contribution in [0.4, 0.5) is 5.13 Å². The molecule has 1 amide bonds. The normalized spacial score (nSPS) is 10.5. The molecule has 0 aliphatic rings. The molecular formula is C18H17N3O4S. The number of hydrogen-bond acceptors (Lipinski definition) is 6. The van der Waals surface area contributed by atoms with Crippen molar-refractivity contribution in [3.63, 3.8) is 0 Å². The molecule has 0 radical (unpaired) electrons. The molecule has 0 atom stereocenters. The minimum atomic E-state index is -0.448. The Morgan fingerprint density at radius 3 is 2.88 bits per heavy atom. The summed E-state index contributed by atoms with van der Waals surface area (Å²) in [6.45, 7) is 0.443. The van der Waals surface area contributed by atoms with Crippen molar-refractivity contribution < 1.29 is 19.1 Å². The zero-order chi connectivity index (χ0) is 18.5. The Morgan fingerprint density at radius 1 is 1.27 bits per heavy atom. The summed E-state index contributed by atoms with van der Waals surface area (Å²) in [6, 6.07) is 8.87. The van der Waals surface area contributed by atoms with Crippen molar-refractivity contribution in [2.24, 2.45) is 0 Å². The maximum Gasteiger partial charge on any atom is 0.354 e. The Morgan fingerprint density at radius 2 is 2.12 bits per heavy atom. The van der Waals surface area contributed by atoms with Gasteiger partial charge in [-0.15, -0.1) is 11.3 Å². The van der Waals surface area contributed by atoms with E-state index in [4.69, 9.17) is 4.74 Å². The van der Waals surface area contributed by atoms with Gasteiger partial charge in [0.2, 0.25) is 0 Å². The van der Waals surface area contributed by atoms with E-state index in [2.05, 4.69) is 20.0 Å². The number of amides is 1. The third kappa shape index (κ3) is 3.98. The number of aromatic nitrogens is 2. The largest absolute Gasteiger partial charge is 0.464 e. The fraction of sp³-hybridized carbons (Fsp3) is 0.167. The number of thiazole rings is 1. The van der Waals surface area contributed by atoms with Crippen molar-refractivity contribution >= 4 is 28.3 Å². The number of benzene rings is 1. The van der Waals surface area contributed by atoms with Gasteiger partial charge in [-0.1, -0.05) is 12.1 Å². The number of aromatic amines is 1. The molecule has 0 aliphatic heterocycles. The minimum Gasteiger partial charge on any atom is -0.464 e. The van der Waals surface area contributed by atoms with Crippen molar-refractivity contribution in [1.82, 2.24) is 9.97 Å². The first-order valence-electron chi connectivity index (χ1n) is 7.72. The average Bonchev–Trinajstić information content (AvgIpc) is 3.31. The van der Waals surface area contributed by atoms with Crippen molar-refractivity contribution in [3.05, 3.63) is 58.7 Å². The molecule has 134 valence electrons. The SMILES string of the molecule is COCc1cccc(C(=O)Nc2nc(-c3c[nH]c(C(=O)OC)c3)cs2)c1. The molecular weight excluding hydrogens is 354 g/mol. The lowest BCUT2D eigenvalue weighted by Gasteiger charge is -2.04. The molecule has 0 bridgehead atoms. The summed E-state index contributed by atoms with van der Waals surface area (Å²) in [6.07, 6.45) is 1.67. The molecule has 7 nitrogen and oxygen atoms in total. The van der Waals surface area contributed by atoms with Crippen LogP contribution >= 0.6 is 11.3 Å². The molecule has 3 rings (SSSR count). The van der Waals surface area contributed by atoms with Gasteiger partial charge in [0.1, 0.15) is 5.69 Å². The van der Waals surface area contributed by atoms with E-state index in [9.17, 15) is 9.59 Å². The first-order chi connectivity index (χ1) is 12.6. The molecule has 0 fully saturated rings. The molecule has 2 N–H and O–H groups in total. The number of ether oxygens (including phenoxy) is 2. The molecule has 0 spiro atoms. The van der Waals surface area contributed by atoms with Crippen LogP contribution in [-0.4, -0.2) is 36.1 Å². The first kappa shape index (κ1) is 17.8. The van der Waals surface area contributed by atoms with Crippen molar-refractivity contribution in [2.75, 3.05) is 19.5 Å². The number of H-pyrrole nitrogens is 1. The quantitative estimate of drug-likeness (QED) is 0.648. The smallest absolute Gasteiger partial charge is 0.354 e. The van der Waals surface area contributed by atoms with Crippen LogP contribution in [0.25, 0.3) is 11.3 Å². The van der Waals surface area contributed by atoms with Crippen LogP contribution in [0.1, 0.15) is 26.4 Å². The lowest BCUT2D eigenvalue weighted by Crippen LogP contribution is -2.12. The van der Waals surface area contributed by atoms with Crippen LogP contribution in [0, 0.1) is 0 Å². The Bertz CT molecular complexity index is 932. The van der Waals surface area contributed by atoms with E-state index in [1.807, 2.05) is 12.1 Å². The molecule has 1 aromatic carbocycles. The van der Waals surface area contributed by atoms with Crippen LogP contribution in [-0.2, 0) is 16.1 Å². The summed E-state index contributed by atoms with van der Waals surface area (Å²) in [5.74, 6) is -0.691. The Kier molecular flexibility index (Phi) is 5.45. The zero-order valence-corrected chi connectivity index (χ0v) is 15.1. The third-order valence-electron chi connectivity index (χ3n) is 3.61. The highest BCUT2D eigenvalue weighted by Crippen LogP contribution is 2.26. The highest BCUT2D eigenvalue weighted by atomic mass is 32.1. The Labute approximate surface area is 154 Å². The van der Waals surface area contributed by atoms with Crippen LogP contribution < -0.4 is 5.32 Å². The van der Waals surface area contributed by atoms with Gasteiger partial charge in [-0.2, -0.15) is 0 Å². The topological polar surface area (TPSA) is 93.3 Å². The monoisotopic (exact) mass is 371 g/mol. The van der Waals surface area contributed by atoms with Crippen LogP contribution in [0.5, 0.6) is 0 Å². The summed E-state index contributed by atoms with van der Waals surface area (Å²) >= 11 is 1.31. The predicted molar refractivity (Wildman–Crippen MR) is 98.3 cm³/mol. The standard InChI is InChI=1S/C18H17N3O4S/c1-24-9-11-4-3-5-12(6-11)16(22)21-18-20-15(10-26-18)13-7-14(19-8-13)17(23)25-2/h3-8,10,19H,9H2,1-2H3,(H,20,21,22). The van der Waals surface area contributed by atoms with Gasteiger partial charge in [-0.3, -0.25) is 10.1 Å². The van der Waals surface area contributed by atoms with Crippen molar-refractivity contribution in [2.45, 2.75) is 6.61 Å². The number of carbonyl (C=O) groups excluding carboxylic acids is 2. The molecule has 2 heterocycles. The fourth-order valence-corrected chi connectivity index (χ4v) is 3.09. The number of methoxy groups -OCH3 is 2. The second-order valence-electron chi connectivity index (χ2n) is 5.42. The van der Waals surface area contributed by atoms with Gasteiger partial charge in [0.05, 0.1) is 19.4 Å². The minimum absolute atomic E-state index is 0.242. The predicted octanol–water partition coefficient (Wildman–Crippen LogP) is 3.32. The van der Waals surface area contributed by atoms with Crippen molar-refractivity contribution in [3.8, 4) is 11.3 Å². The summed E-state index contributed by atoms with van der Waals surface area (Å²) in [5.41, 5.74) is 3.19. The van der Waals surface area contributed by atoms with E-state index < -0.39 is 5.97 Å². The van der Waals surface area contributed by atoms with Gasteiger partial charge in [0, 0.05) is 29.8 Å².